The Morgan fingerprint density at radius 1 is 1.28 bits per heavy atom. The summed E-state index contributed by atoms with van der Waals surface area (Å²) in [6.45, 7) is 1.63. The largest absolute Gasteiger partial charge is 0.452 e. The molecule has 0 bridgehead atoms. The number of rotatable bonds is 5. The number of nitrogens with zero attached hydrogens (tertiary/aromatic N) is 2. The van der Waals surface area contributed by atoms with Gasteiger partial charge in [0.25, 0.3) is 5.91 Å². The summed E-state index contributed by atoms with van der Waals surface area (Å²) in [4.78, 5) is 23.9. The molecule has 0 saturated heterocycles. The summed E-state index contributed by atoms with van der Waals surface area (Å²) in [5.41, 5.74) is 4.21. The lowest BCUT2D eigenvalue weighted by Gasteiger charge is -2.20. The van der Waals surface area contributed by atoms with Gasteiger partial charge in [0.15, 0.2) is 6.61 Å². The molecule has 1 aliphatic rings. The minimum atomic E-state index is -0.551. The monoisotopic (exact) mass is 341 g/mol. The normalized spacial score (nSPS) is 14.5. The van der Waals surface area contributed by atoms with Crippen LogP contribution in [0, 0.1) is 0 Å². The Morgan fingerprint density at radius 3 is 2.76 bits per heavy atom. The Hall–Kier alpha value is -2.63. The lowest BCUT2D eigenvalue weighted by Crippen LogP contribution is -2.31. The van der Waals surface area contributed by atoms with Crippen molar-refractivity contribution in [2.75, 3.05) is 6.61 Å². The zero-order chi connectivity index (χ0) is 17.8. The SMILES string of the molecule is C[C@@H](NC(=O)COC(=O)c1cnn(C)c1)c1ccc2c(c1)CCCC2. The summed E-state index contributed by atoms with van der Waals surface area (Å²) >= 11 is 0. The number of fused-ring (bicyclic) bond motifs is 1. The highest BCUT2D eigenvalue weighted by atomic mass is 16.5. The summed E-state index contributed by atoms with van der Waals surface area (Å²) in [5, 5.41) is 6.78. The Balaban J connectivity index is 1.53. The van der Waals surface area contributed by atoms with E-state index in [-0.39, 0.29) is 18.6 Å². The van der Waals surface area contributed by atoms with Crippen LogP contribution in [0.25, 0.3) is 0 Å². The van der Waals surface area contributed by atoms with Crippen molar-refractivity contribution in [1.29, 1.82) is 0 Å². The highest BCUT2D eigenvalue weighted by molar-refractivity contribution is 5.90. The fourth-order valence-electron chi connectivity index (χ4n) is 3.13. The number of ether oxygens (including phenoxy) is 1. The van der Waals surface area contributed by atoms with Crippen LogP contribution in [-0.4, -0.2) is 28.3 Å². The quantitative estimate of drug-likeness (QED) is 0.847. The molecular formula is C19H23N3O3. The van der Waals surface area contributed by atoms with Gasteiger partial charge in [-0.15, -0.1) is 0 Å². The summed E-state index contributed by atoms with van der Waals surface area (Å²) < 4.78 is 6.53. The van der Waals surface area contributed by atoms with E-state index in [0.29, 0.717) is 5.56 Å². The predicted molar refractivity (Wildman–Crippen MR) is 93.1 cm³/mol. The third-order valence-electron chi connectivity index (χ3n) is 4.52. The minimum Gasteiger partial charge on any atom is -0.452 e. The van der Waals surface area contributed by atoms with Gasteiger partial charge in [0, 0.05) is 13.2 Å². The number of benzene rings is 1. The van der Waals surface area contributed by atoms with Gasteiger partial charge in [-0.1, -0.05) is 18.2 Å². The Labute approximate surface area is 147 Å². The first-order valence-electron chi connectivity index (χ1n) is 8.60. The zero-order valence-corrected chi connectivity index (χ0v) is 14.6. The molecule has 6 heteroatoms. The lowest BCUT2D eigenvalue weighted by atomic mass is 9.89. The van der Waals surface area contributed by atoms with Crippen LogP contribution in [0.15, 0.2) is 30.6 Å². The molecule has 1 amide bonds. The predicted octanol–water partition coefficient (Wildman–Crippen LogP) is 2.33. The van der Waals surface area contributed by atoms with Crippen molar-refractivity contribution in [3.05, 3.63) is 52.8 Å². The van der Waals surface area contributed by atoms with Crippen LogP contribution in [0.4, 0.5) is 0 Å². The second-order valence-corrected chi connectivity index (χ2v) is 6.50. The van der Waals surface area contributed by atoms with Crippen molar-refractivity contribution in [2.45, 2.75) is 38.6 Å². The molecule has 1 aliphatic carbocycles. The van der Waals surface area contributed by atoms with Crippen LogP contribution in [0.2, 0.25) is 0 Å². The average molecular weight is 341 g/mol. The van der Waals surface area contributed by atoms with Gasteiger partial charge in [-0.05, 0) is 49.3 Å². The fourth-order valence-corrected chi connectivity index (χ4v) is 3.13. The third-order valence-corrected chi connectivity index (χ3v) is 4.52. The second-order valence-electron chi connectivity index (χ2n) is 6.50. The number of carbonyl (C=O) groups is 2. The van der Waals surface area contributed by atoms with Gasteiger partial charge in [0.2, 0.25) is 0 Å². The molecular weight excluding hydrogens is 318 g/mol. The van der Waals surface area contributed by atoms with Gasteiger partial charge < -0.3 is 10.1 Å². The number of hydrogen-bond donors (Lipinski definition) is 1. The first-order chi connectivity index (χ1) is 12.0. The van der Waals surface area contributed by atoms with Crippen molar-refractivity contribution in [3.63, 3.8) is 0 Å². The molecule has 25 heavy (non-hydrogen) atoms. The Morgan fingerprint density at radius 2 is 2.04 bits per heavy atom. The highest BCUT2D eigenvalue weighted by Crippen LogP contribution is 2.24. The zero-order valence-electron chi connectivity index (χ0n) is 14.6. The fraction of sp³-hybridized carbons (Fsp3) is 0.421. The molecule has 6 nitrogen and oxygen atoms in total. The first-order valence-corrected chi connectivity index (χ1v) is 8.60. The van der Waals surface area contributed by atoms with E-state index in [9.17, 15) is 9.59 Å². The van der Waals surface area contributed by atoms with Crippen molar-refractivity contribution in [3.8, 4) is 0 Å². The number of esters is 1. The van der Waals surface area contributed by atoms with Crippen LogP contribution in [-0.2, 0) is 29.4 Å². The molecule has 0 spiro atoms. The van der Waals surface area contributed by atoms with E-state index in [0.717, 1.165) is 18.4 Å². The average Bonchev–Trinajstić information content (AvgIpc) is 3.05. The molecule has 1 heterocycles. The molecule has 0 fully saturated rings. The Bertz CT molecular complexity index is 782. The Kier molecular flexibility index (Phi) is 5.16. The third kappa shape index (κ3) is 4.26. The highest BCUT2D eigenvalue weighted by Gasteiger charge is 2.16. The number of carbonyl (C=O) groups excluding carboxylic acids is 2. The van der Waals surface area contributed by atoms with Gasteiger partial charge in [-0.25, -0.2) is 4.79 Å². The number of aryl methyl sites for hydroxylation is 3. The van der Waals surface area contributed by atoms with Crippen LogP contribution in [0.5, 0.6) is 0 Å². The van der Waals surface area contributed by atoms with E-state index < -0.39 is 5.97 Å². The number of nitrogens with one attached hydrogen (secondary N) is 1. The van der Waals surface area contributed by atoms with Crippen molar-refractivity contribution in [2.24, 2.45) is 7.05 Å². The van der Waals surface area contributed by atoms with E-state index in [1.165, 1.54) is 34.8 Å². The summed E-state index contributed by atoms with van der Waals surface area (Å²) in [7, 11) is 1.71. The molecule has 0 unspecified atom stereocenters. The molecule has 0 radical (unpaired) electrons. The van der Waals surface area contributed by atoms with Gasteiger partial charge in [-0.2, -0.15) is 5.10 Å². The van der Waals surface area contributed by atoms with Crippen molar-refractivity contribution in [1.82, 2.24) is 15.1 Å². The molecule has 132 valence electrons. The molecule has 3 rings (SSSR count). The lowest BCUT2D eigenvalue weighted by molar-refractivity contribution is -0.124. The van der Waals surface area contributed by atoms with Crippen molar-refractivity contribution >= 4 is 11.9 Å². The topological polar surface area (TPSA) is 73.2 Å². The van der Waals surface area contributed by atoms with Crippen LogP contribution < -0.4 is 5.32 Å². The minimum absolute atomic E-state index is 0.128. The van der Waals surface area contributed by atoms with E-state index in [2.05, 4.69) is 28.6 Å². The summed E-state index contributed by atoms with van der Waals surface area (Å²) in [6.07, 6.45) is 7.68. The maximum atomic E-state index is 12.0. The molecule has 2 aromatic rings. The van der Waals surface area contributed by atoms with Crippen LogP contribution in [0.3, 0.4) is 0 Å². The van der Waals surface area contributed by atoms with Crippen molar-refractivity contribution < 1.29 is 14.3 Å². The van der Waals surface area contributed by atoms with Gasteiger partial charge in [0.1, 0.15) is 0 Å². The molecule has 1 atom stereocenters. The standard InChI is InChI=1S/C19H23N3O3/c1-13(15-8-7-14-5-3-4-6-16(14)9-15)21-18(23)12-25-19(24)17-10-20-22(2)11-17/h7-11,13H,3-6,12H2,1-2H3,(H,21,23)/t13-/m1/s1. The molecule has 1 N–H and O–H groups in total. The molecule has 0 aliphatic heterocycles. The maximum absolute atomic E-state index is 12.0. The molecule has 0 saturated carbocycles. The maximum Gasteiger partial charge on any atom is 0.341 e. The number of hydrogen-bond acceptors (Lipinski definition) is 4. The van der Waals surface area contributed by atoms with Crippen LogP contribution in [0.1, 0.15) is 52.9 Å². The second kappa shape index (κ2) is 7.51. The van der Waals surface area contributed by atoms with E-state index in [1.807, 2.05) is 6.92 Å². The summed E-state index contributed by atoms with van der Waals surface area (Å²) in [5.74, 6) is -0.868. The van der Waals surface area contributed by atoms with E-state index in [1.54, 1.807) is 13.2 Å². The number of aromatic nitrogens is 2. The van der Waals surface area contributed by atoms with Gasteiger partial charge in [-0.3, -0.25) is 9.48 Å². The van der Waals surface area contributed by atoms with Crippen LogP contribution >= 0.6 is 0 Å². The first kappa shape index (κ1) is 17.2. The van der Waals surface area contributed by atoms with Gasteiger partial charge in [0.05, 0.1) is 17.8 Å². The molecule has 1 aromatic heterocycles. The molecule has 1 aromatic carbocycles. The van der Waals surface area contributed by atoms with E-state index in [4.69, 9.17) is 4.74 Å². The van der Waals surface area contributed by atoms with Gasteiger partial charge >= 0.3 is 5.97 Å². The smallest absolute Gasteiger partial charge is 0.341 e. The van der Waals surface area contributed by atoms with E-state index >= 15 is 0 Å². The number of amides is 1. The summed E-state index contributed by atoms with van der Waals surface area (Å²) in [6, 6.07) is 6.28.